The van der Waals surface area contributed by atoms with E-state index in [2.05, 4.69) is 5.32 Å². The summed E-state index contributed by atoms with van der Waals surface area (Å²) in [5.41, 5.74) is 1.91. The minimum Gasteiger partial charge on any atom is -0.480 e. The van der Waals surface area contributed by atoms with E-state index in [1.807, 2.05) is 65.6 Å². The monoisotopic (exact) mass is 342 g/mol. The SMILES string of the molecule is CN(Cc1ccccc1)CC(NC(=O)OCc1ccccc1)C(=O)O. The molecule has 0 aliphatic rings. The van der Waals surface area contributed by atoms with Crippen LogP contribution >= 0.6 is 0 Å². The van der Waals surface area contributed by atoms with Gasteiger partial charge >= 0.3 is 12.1 Å². The molecule has 0 fully saturated rings. The Balaban J connectivity index is 1.83. The molecule has 25 heavy (non-hydrogen) atoms. The highest BCUT2D eigenvalue weighted by molar-refractivity contribution is 5.80. The second-order valence-corrected chi connectivity index (χ2v) is 5.78. The molecule has 1 unspecified atom stereocenters. The predicted octanol–water partition coefficient (Wildman–Crippen LogP) is 2.50. The molecule has 2 N–H and O–H groups in total. The van der Waals surface area contributed by atoms with Gasteiger partial charge in [-0.15, -0.1) is 0 Å². The van der Waals surface area contributed by atoms with Gasteiger partial charge in [0.1, 0.15) is 12.6 Å². The van der Waals surface area contributed by atoms with Crippen molar-refractivity contribution in [3.05, 3.63) is 71.8 Å². The lowest BCUT2D eigenvalue weighted by Gasteiger charge is -2.22. The number of nitrogens with zero attached hydrogens (tertiary/aromatic N) is 1. The molecule has 6 nitrogen and oxygen atoms in total. The van der Waals surface area contributed by atoms with E-state index in [1.54, 1.807) is 7.05 Å². The summed E-state index contributed by atoms with van der Waals surface area (Å²) in [6.45, 7) is 0.856. The fraction of sp³-hybridized carbons (Fsp3) is 0.263. The molecule has 0 saturated heterocycles. The maximum atomic E-state index is 11.9. The quantitative estimate of drug-likeness (QED) is 0.771. The van der Waals surface area contributed by atoms with Gasteiger partial charge in [0.2, 0.25) is 0 Å². The number of hydrogen-bond donors (Lipinski definition) is 2. The summed E-state index contributed by atoms with van der Waals surface area (Å²) in [4.78, 5) is 25.1. The third-order valence-corrected chi connectivity index (χ3v) is 3.59. The van der Waals surface area contributed by atoms with Crippen molar-refractivity contribution in [3.8, 4) is 0 Å². The first-order valence-electron chi connectivity index (χ1n) is 7.97. The normalized spacial score (nSPS) is 11.8. The van der Waals surface area contributed by atoms with Crippen LogP contribution in [0.25, 0.3) is 0 Å². The van der Waals surface area contributed by atoms with E-state index in [4.69, 9.17) is 4.74 Å². The van der Waals surface area contributed by atoms with Crippen molar-refractivity contribution in [1.29, 1.82) is 0 Å². The van der Waals surface area contributed by atoms with E-state index in [9.17, 15) is 14.7 Å². The Morgan fingerprint density at radius 2 is 1.60 bits per heavy atom. The minimum absolute atomic E-state index is 0.0961. The molecule has 2 rings (SSSR count). The number of alkyl carbamates (subject to hydrolysis) is 1. The van der Waals surface area contributed by atoms with Gasteiger partial charge in [0, 0.05) is 13.1 Å². The maximum Gasteiger partial charge on any atom is 0.408 e. The minimum atomic E-state index is -1.10. The highest BCUT2D eigenvalue weighted by Gasteiger charge is 2.22. The molecule has 1 amide bonds. The lowest BCUT2D eigenvalue weighted by Crippen LogP contribution is -2.47. The van der Waals surface area contributed by atoms with Crippen LogP contribution in [0.5, 0.6) is 0 Å². The Bertz CT molecular complexity index is 676. The number of aliphatic carboxylic acids is 1. The van der Waals surface area contributed by atoms with Crippen LogP contribution in [0.3, 0.4) is 0 Å². The van der Waals surface area contributed by atoms with Crippen LogP contribution in [-0.2, 0) is 22.7 Å². The standard InChI is InChI=1S/C19H22N2O4/c1-21(12-15-8-4-2-5-9-15)13-17(18(22)23)20-19(24)25-14-16-10-6-3-7-11-16/h2-11,17H,12-14H2,1H3,(H,20,24)(H,22,23). The zero-order chi connectivity index (χ0) is 18.1. The zero-order valence-electron chi connectivity index (χ0n) is 14.1. The number of carboxylic acids is 1. The fourth-order valence-corrected chi connectivity index (χ4v) is 2.36. The molecule has 0 saturated carbocycles. The van der Waals surface area contributed by atoms with Crippen LogP contribution in [0.2, 0.25) is 0 Å². The second-order valence-electron chi connectivity index (χ2n) is 5.78. The zero-order valence-corrected chi connectivity index (χ0v) is 14.1. The highest BCUT2D eigenvalue weighted by atomic mass is 16.5. The largest absolute Gasteiger partial charge is 0.480 e. The van der Waals surface area contributed by atoms with Crippen molar-refractivity contribution < 1.29 is 19.4 Å². The number of rotatable bonds is 8. The van der Waals surface area contributed by atoms with E-state index in [0.29, 0.717) is 6.54 Å². The topological polar surface area (TPSA) is 78.9 Å². The van der Waals surface area contributed by atoms with E-state index >= 15 is 0 Å². The summed E-state index contributed by atoms with van der Waals surface area (Å²) in [6.07, 6.45) is -0.746. The first-order valence-corrected chi connectivity index (χ1v) is 7.97. The van der Waals surface area contributed by atoms with Crippen LogP contribution < -0.4 is 5.32 Å². The highest BCUT2D eigenvalue weighted by Crippen LogP contribution is 2.04. The number of nitrogens with one attached hydrogen (secondary N) is 1. The molecular formula is C19H22N2O4. The first kappa shape index (κ1) is 18.5. The molecule has 2 aromatic rings. The van der Waals surface area contributed by atoms with Crippen LogP contribution in [-0.4, -0.2) is 41.7 Å². The molecule has 0 radical (unpaired) electrons. The number of carbonyl (C=O) groups excluding carboxylic acids is 1. The molecule has 0 heterocycles. The van der Waals surface area contributed by atoms with E-state index < -0.39 is 18.1 Å². The Morgan fingerprint density at radius 3 is 2.16 bits per heavy atom. The third-order valence-electron chi connectivity index (χ3n) is 3.59. The molecule has 0 aliphatic heterocycles. The van der Waals surface area contributed by atoms with E-state index in [1.165, 1.54) is 0 Å². The van der Waals surface area contributed by atoms with Gasteiger partial charge in [0.15, 0.2) is 0 Å². The third kappa shape index (κ3) is 6.64. The van der Waals surface area contributed by atoms with Crippen LogP contribution in [0, 0.1) is 0 Å². The number of likely N-dealkylation sites (N-methyl/N-ethyl adjacent to an activating group) is 1. The fourth-order valence-electron chi connectivity index (χ4n) is 2.36. The Labute approximate surface area is 147 Å². The first-order chi connectivity index (χ1) is 12.0. The van der Waals surface area contributed by atoms with Gasteiger partial charge in [0.05, 0.1) is 0 Å². The second kappa shape index (κ2) is 9.44. The average Bonchev–Trinajstić information content (AvgIpc) is 2.61. The summed E-state index contributed by atoms with van der Waals surface area (Å²) in [7, 11) is 1.81. The number of amides is 1. The van der Waals surface area contributed by atoms with Gasteiger partial charge in [-0.05, 0) is 18.2 Å². The summed E-state index contributed by atoms with van der Waals surface area (Å²) < 4.78 is 5.08. The smallest absolute Gasteiger partial charge is 0.408 e. The van der Waals surface area contributed by atoms with Gasteiger partial charge in [-0.25, -0.2) is 9.59 Å². The predicted molar refractivity (Wildman–Crippen MR) is 94.0 cm³/mol. The number of benzene rings is 2. The molecule has 0 aromatic heterocycles. The van der Waals surface area contributed by atoms with Crippen molar-refractivity contribution in [3.63, 3.8) is 0 Å². The number of hydrogen-bond acceptors (Lipinski definition) is 4. The molecule has 1 atom stereocenters. The van der Waals surface area contributed by atoms with E-state index in [-0.39, 0.29) is 13.2 Å². The molecule has 6 heteroatoms. The average molecular weight is 342 g/mol. The summed E-state index contributed by atoms with van der Waals surface area (Å²) in [5, 5.41) is 11.7. The number of ether oxygens (including phenoxy) is 1. The van der Waals surface area contributed by atoms with E-state index in [0.717, 1.165) is 11.1 Å². The van der Waals surface area contributed by atoms with Crippen molar-refractivity contribution >= 4 is 12.1 Å². The van der Waals surface area contributed by atoms with Crippen molar-refractivity contribution in [2.75, 3.05) is 13.6 Å². The van der Waals surface area contributed by atoms with Gasteiger partial charge < -0.3 is 15.2 Å². The van der Waals surface area contributed by atoms with Crippen molar-refractivity contribution in [2.24, 2.45) is 0 Å². The summed E-state index contributed by atoms with van der Waals surface area (Å²) >= 11 is 0. The van der Waals surface area contributed by atoms with Gasteiger partial charge in [-0.1, -0.05) is 60.7 Å². The van der Waals surface area contributed by atoms with Crippen LogP contribution in [0.15, 0.2) is 60.7 Å². The lowest BCUT2D eigenvalue weighted by molar-refractivity contribution is -0.139. The summed E-state index contributed by atoms with van der Waals surface area (Å²) in [6, 6.07) is 17.9. The van der Waals surface area contributed by atoms with Crippen LogP contribution in [0.1, 0.15) is 11.1 Å². The Hall–Kier alpha value is -2.86. The number of carbonyl (C=O) groups is 2. The lowest BCUT2D eigenvalue weighted by atomic mass is 10.2. The van der Waals surface area contributed by atoms with Gasteiger partial charge in [-0.3, -0.25) is 4.90 Å². The Kier molecular flexibility index (Phi) is 6.98. The van der Waals surface area contributed by atoms with Gasteiger partial charge in [0.25, 0.3) is 0 Å². The molecule has 0 bridgehead atoms. The van der Waals surface area contributed by atoms with Crippen molar-refractivity contribution in [2.45, 2.75) is 19.2 Å². The molecule has 132 valence electrons. The molecule has 0 aliphatic carbocycles. The van der Waals surface area contributed by atoms with Gasteiger partial charge in [-0.2, -0.15) is 0 Å². The molecule has 2 aromatic carbocycles. The van der Waals surface area contributed by atoms with Crippen molar-refractivity contribution in [1.82, 2.24) is 10.2 Å². The summed E-state index contributed by atoms with van der Waals surface area (Å²) in [5.74, 6) is -1.10. The Morgan fingerprint density at radius 1 is 1.04 bits per heavy atom. The van der Waals surface area contributed by atoms with Crippen LogP contribution in [0.4, 0.5) is 4.79 Å². The molecular weight excluding hydrogens is 320 g/mol. The maximum absolute atomic E-state index is 11.9. The number of carboxylic acid groups (broad SMARTS) is 1. The molecule has 0 spiro atoms.